The minimum atomic E-state index is 0.618. The van der Waals surface area contributed by atoms with Crippen LogP contribution in [0.5, 0.6) is 0 Å². The van der Waals surface area contributed by atoms with Gasteiger partial charge < -0.3 is 4.74 Å². The zero-order chi connectivity index (χ0) is 19.2. The van der Waals surface area contributed by atoms with E-state index in [-0.39, 0.29) is 0 Å². The molecule has 1 aliphatic carbocycles. The second kappa shape index (κ2) is 13.6. The summed E-state index contributed by atoms with van der Waals surface area (Å²) in [7, 11) is 0. The second-order valence-corrected chi connectivity index (χ2v) is 7.28. The lowest BCUT2D eigenvalue weighted by atomic mass is 10.0. The molecule has 0 heterocycles. The van der Waals surface area contributed by atoms with Crippen molar-refractivity contribution in [2.24, 2.45) is 11.8 Å². The van der Waals surface area contributed by atoms with Gasteiger partial charge in [0.1, 0.15) is 0 Å². The second-order valence-electron chi connectivity index (χ2n) is 7.28. The number of unbranched alkanes of at least 4 members (excludes halogenated alkanes) is 2. The average molecular weight is 360 g/mol. The quantitative estimate of drug-likeness (QED) is 0.249. The summed E-state index contributed by atoms with van der Waals surface area (Å²) in [5.41, 5.74) is 4.23. The molecule has 1 rings (SSSR count). The molecule has 146 valence electrons. The highest BCUT2D eigenvalue weighted by Crippen LogP contribution is 2.18. The van der Waals surface area contributed by atoms with E-state index >= 15 is 0 Å². The number of allylic oxidation sites excluding steroid dienone is 3. The molecule has 2 nitrogen and oxygen atoms in total. The van der Waals surface area contributed by atoms with Gasteiger partial charge in [-0.05, 0) is 25.2 Å². The van der Waals surface area contributed by atoms with Crippen molar-refractivity contribution in [2.45, 2.75) is 79.1 Å². The van der Waals surface area contributed by atoms with E-state index in [1.54, 1.807) is 0 Å². The van der Waals surface area contributed by atoms with E-state index in [2.05, 4.69) is 40.0 Å². The van der Waals surface area contributed by atoms with Crippen molar-refractivity contribution in [3.63, 3.8) is 0 Å². The highest BCUT2D eigenvalue weighted by atomic mass is 16.5. The summed E-state index contributed by atoms with van der Waals surface area (Å²) in [6.45, 7) is 14.4. The third-order valence-electron chi connectivity index (χ3n) is 5.17. The first-order chi connectivity index (χ1) is 12.7. The van der Waals surface area contributed by atoms with E-state index in [4.69, 9.17) is 9.16 Å². The largest absolute Gasteiger partial charge is 0.486 e. The van der Waals surface area contributed by atoms with E-state index in [1.165, 1.54) is 38.5 Å². The predicted molar refractivity (Wildman–Crippen MR) is 112 cm³/mol. The summed E-state index contributed by atoms with van der Waals surface area (Å²) in [6.07, 6.45) is 15.6. The molecule has 2 unspecified atom stereocenters. The molecule has 0 saturated carbocycles. The zero-order valence-electron chi connectivity index (χ0n) is 17.5. The third kappa shape index (κ3) is 8.23. The van der Waals surface area contributed by atoms with Gasteiger partial charge in [0.05, 0.1) is 18.3 Å². The zero-order valence-corrected chi connectivity index (χ0v) is 17.5. The molecule has 2 heteroatoms. The monoisotopic (exact) mass is 359 g/mol. The molecule has 1 aliphatic rings. The van der Waals surface area contributed by atoms with Gasteiger partial charge in [-0.3, -0.25) is 4.42 Å². The summed E-state index contributed by atoms with van der Waals surface area (Å²) >= 11 is 0. The molecule has 0 aromatic carbocycles. The lowest BCUT2D eigenvalue weighted by Crippen LogP contribution is -2.13. The van der Waals surface area contributed by atoms with Crippen LogP contribution in [0, 0.1) is 11.8 Å². The Balaban J connectivity index is 2.69. The molecule has 0 aliphatic heterocycles. The van der Waals surface area contributed by atoms with Crippen molar-refractivity contribution in [1.82, 2.24) is 0 Å². The van der Waals surface area contributed by atoms with Crippen molar-refractivity contribution in [3.8, 4) is 0 Å². The fourth-order valence-corrected chi connectivity index (χ4v) is 3.05. The highest BCUT2D eigenvalue weighted by Gasteiger charge is 2.20. The highest BCUT2D eigenvalue weighted by molar-refractivity contribution is 6.07. The van der Waals surface area contributed by atoms with Crippen LogP contribution in [0.15, 0.2) is 41.9 Å². The smallest absolute Gasteiger partial charge is 0.358 e. The predicted octanol–water partition coefficient (Wildman–Crippen LogP) is 6.71. The number of ether oxygens (including phenoxy) is 1. The first-order valence-electron chi connectivity index (χ1n) is 10.6. The Bertz CT molecular complexity index is 532. The van der Waals surface area contributed by atoms with Gasteiger partial charge in [0.15, 0.2) is 5.76 Å². The van der Waals surface area contributed by atoms with E-state index in [1.807, 2.05) is 18.2 Å². The van der Waals surface area contributed by atoms with Crippen molar-refractivity contribution in [2.75, 3.05) is 13.2 Å². The molecule has 0 N–H and O–H groups in total. The molecule has 26 heavy (non-hydrogen) atoms. The van der Waals surface area contributed by atoms with E-state index in [0.29, 0.717) is 11.8 Å². The third-order valence-corrected chi connectivity index (χ3v) is 5.17. The Labute approximate surface area is 161 Å². The number of ketones is 1. The standard InChI is InChI=1S/C24H39O2/c1-6-11-13-20(8-3)18-25-23-15-16-24(22(10-5)17-23)26-19-21(9-4)14-12-7-2/h10,16-17,20-21H,5-9,11-14,18-19H2,1-4H3/q+1. The van der Waals surface area contributed by atoms with Crippen LogP contribution in [-0.2, 0) is 9.16 Å². The summed E-state index contributed by atoms with van der Waals surface area (Å²) < 4.78 is 12.1. The summed E-state index contributed by atoms with van der Waals surface area (Å²) in [6, 6.07) is 0. The number of hydrogen-bond acceptors (Lipinski definition) is 1. The maximum atomic E-state index is 6.07. The van der Waals surface area contributed by atoms with Crippen LogP contribution in [0.3, 0.4) is 0 Å². The Hall–Kier alpha value is -1.53. The summed E-state index contributed by atoms with van der Waals surface area (Å²) in [5, 5.41) is 0. The molecular weight excluding hydrogens is 320 g/mol. The molecule has 0 aromatic rings. The maximum Gasteiger partial charge on any atom is 0.358 e. The van der Waals surface area contributed by atoms with Crippen molar-refractivity contribution < 1.29 is 9.16 Å². The van der Waals surface area contributed by atoms with Crippen LogP contribution in [0.4, 0.5) is 0 Å². The molecular formula is C24H39O2+. The van der Waals surface area contributed by atoms with Gasteiger partial charge in [-0.1, -0.05) is 78.2 Å². The van der Waals surface area contributed by atoms with E-state index in [9.17, 15) is 0 Å². The van der Waals surface area contributed by atoms with Gasteiger partial charge >= 0.3 is 5.78 Å². The van der Waals surface area contributed by atoms with Crippen molar-refractivity contribution in [3.05, 3.63) is 41.9 Å². The fourth-order valence-electron chi connectivity index (χ4n) is 3.05. The lowest BCUT2D eigenvalue weighted by Gasteiger charge is -2.15. The molecule has 0 spiro atoms. The molecule has 0 amide bonds. The molecule has 0 radical (unpaired) electrons. The van der Waals surface area contributed by atoms with Crippen LogP contribution < -0.4 is 0 Å². The van der Waals surface area contributed by atoms with Crippen LogP contribution in [0.25, 0.3) is 0 Å². The van der Waals surface area contributed by atoms with E-state index < -0.39 is 0 Å². The van der Waals surface area contributed by atoms with Crippen LogP contribution in [0.2, 0.25) is 0 Å². The van der Waals surface area contributed by atoms with Crippen LogP contribution in [-0.4, -0.2) is 19.0 Å². The Morgan fingerprint density at radius 2 is 1.73 bits per heavy atom. The first kappa shape index (κ1) is 22.5. The Kier molecular flexibility index (Phi) is 11.8. The summed E-state index contributed by atoms with van der Waals surface area (Å²) in [4.78, 5) is 0. The van der Waals surface area contributed by atoms with Gasteiger partial charge in [-0.15, -0.1) is 0 Å². The average Bonchev–Trinajstić information content (AvgIpc) is 2.68. The SMILES string of the molecule is C=CC1=CC(OCC(CC)CCCC)=C=CC1=[O+]CC(CC)CCCC. The van der Waals surface area contributed by atoms with Crippen LogP contribution >= 0.6 is 0 Å². The van der Waals surface area contributed by atoms with Crippen LogP contribution in [0.1, 0.15) is 79.1 Å². The van der Waals surface area contributed by atoms with E-state index in [0.717, 1.165) is 43.2 Å². The first-order valence-corrected chi connectivity index (χ1v) is 10.6. The molecule has 0 aromatic heterocycles. The topological polar surface area (TPSA) is 20.5 Å². The number of carbonyl (C=O) groups excluding carboxylic acids is 1. The fraction of sp³-hybridized carbons (Fsp3) is 0.667. The maximum absolute atomic E-state index is 6.07. The minimum Gasteiger partial charge on any atom is -0.486 e. The van der Waals surface area contributed by atoms with Gasteiger partial charge in [0, 0.05) is 12.0 Å². The Morgan fingerprint density at radius 1 is 1.08 bits per heavy atom. The van der Waals surface area contributed by atoms with Crippen molar-refractivity contribution >= 4 is 5.78 Å². The molecule has 0 bridgehead atoms. The Morgan fingerprint density at radius 3 is 2.31 bits per heavy atom. The lowest BCUT2D eigenvalue weighted by molar-refractivity contribution is -0.465. The molecule has 0 saturated heterocycles. The van der Waals surface area contributed by atoms with Gasteiger partial charge in [0.2, 0.25) is 0 Å². The number of rotatable bonds is 14. The normalized spacial score (nSPS) is 17.6. The number of hydrogen-bond donors (Lipinski definition) is 0. The van der Waals surface area contributed by atoms with Gasteiger partial charge in [0.25, 0.3) is 6.61 Å². The van der Waals surface area contributed by atoms with Gasteiger partial charge in [-0.25, -0.2) is 0 Å². The van der Waals surface area contributed by atoms with Crippen molar-refractivity contribution in [1.29, 1.82) is 0 Å². The minimum absolute atomic E-state index is 0.618. The summed E-state index contributed by atoms with van der Waals surface area (Å²) in [5.74, 6) is 2.89. The molecule has 2 atom stereocenters. The molecule has 0 fully saturated rings. The van der Waals surface area contributed by atoms with Gasteiger partial charge in [-0.2, -0.15) is 0 Å².